The van der Waals surface area contributed by atoms with Gasteiger partial charge in [-0.3, -0.25) is 9.59 Å². The molecule has 1 atom stereocenters. The standard InChI is InChI=1S/C16H19N5O3/c1-10-8-20(9-16(24-10)4-2-5-16)15(23)12-3-6-18-14-11(13(17)22)7-19-21(12)14/h3,6-7,10H,2,4-5,8-9H2,1H3,(H2,17,22). The number of carbonyl (C=O) groups excluding carboxylic acids is 2. The fraction of sp³-hybridized carbons (Fsp3) is 0.500. The predicted octanol–water partition coefficient (Wildman–Crippen LogP) is 0.612. The van der Waals surface area contributed by atoms with Gasteiger partial charge in [0.25, 0.3) is 11.8 Å². The molecule has 0 aromatic carbocycles. The van der Waals surface area contributed by atoms with Crippen LogP contribution < -0.4 is 5.73 Å². The number of primary amides is 1. The fourth-order valence-electron chi connectivity index (χ4n) is 3.62. The molecule has 24 heavy (non-hydrogen) atoms. The van der Waals surface area contributed by atoms with Crippen LogP contribution >= 0.6 is 0 Å². The topological polar surface area (TPSA) is 103 Å². The van der Waals surface area contributed by atoms with Gasteiger partial charge >= 0.3 is 0 Å². The lowest BCUT2D eigenvalue weighted by Crippen LogP contribution is -2.59. The zero-order chi connectivity index (χ0) is 16.9. The Hall–Kier alpha value is -2.48. The van der Waals surface area contributed by atoms with Gasteiger partial charge in [-0.2, -0.15) is 5.10 Å². The van der Waals surface area contributed by atoms with Crippen LogP contribution in [0.3, 0.4) is 0 Å². The molecule has 3 heterocycles. The molecule has 2 amide bonds. The van der Waals surface area contributed by atoms with Gasteiger partial charge in [0, 0.05) is 12.7 Å². The van der Waals surface area contributed by atoms with Crippen LogP contribution in [0, 0.1) is 0 Å². The average Bonchev–Trinajstić information content (AvgIpc) is 2.96. The molecule has 0 bridgehead atoms. The van der Waals surface area contributed by atoms with E-state index in [4.69, 9.17) is 10.5 Å². The second kappa shape index (κ2) is 5.27. The van der Waals surface area contributed by atoms with E-state index in [0.717, 1.165) is 19.3 Å². The highest BCUT2D eigenvalue weighted by Gasteiger charge is 2.45. The van der Waals surface area contributed by atoms with Gasteiger partial charge in [0.1, 0.15) is 11.3 Å². The van der Waals surface area contributed by atoms with Gasteiger partial charge in [0.15, 0.2) is 5.65 Å². The molecule has 2 N–H and O–H groups in total. The van der Waals surface area contributed by atoms with Crippen LogP contribution in [0.25, 0.3) is 5.65 Å². The van der Waals surface area contributed by atoms with Crippen molar-refractivity contribution in [1.82, 2.24) is 19.5 Å². The van der Waals surface area contributed by atoms with Crippen molar-refractivity contribution in [3.8, 4) is 0 Å². The first-order valence-electron chi connectivity index (χ1n) is 8.09. The maximum absolute atomic E-state index is 13.0. The lowest BCUT2D eigenvalue weighted by Gasteiger charge is -2.50. The Labute approximate surface area is 138 Å². The zero-order valence-corrected chi connectivity index (χ0v) is 13.4. The van der Waals surface area contributed by atoms with E-state index in [1.165, 1.54) is 16.9 Å². The molecule has 4 rings (SSSR count). The third-order valence-corrected chi connectivity index (χ3v) is 4.85. The molecule has 2 fully saturated rings. The molecular weight excluding hydrogens is 310 g/mol. The minimum atomic E-state index is -0.615. The lowest BCUT2D eigenvalue weighted by molar-refractivity contribution is -0.176. The van der Waals surface area contributed by atoms with Crippen molar-refractivity contribution in [1.29, 1.82) is 0 Å². The largest absolute Gasteiger partial charge is 0.368 e. The maximum atomic E-state index is 13.0. The quantitative estimate of drug-likeness (QED) is 0.869. The van der Waals surface area contributed by atoms with Gasteiger partial charge in [-0.15, -0.1) is 0 Å². The first kappa shape index (κ1) is 15.1. The number of rotatable bonds is 2. The second-order valence-corrected chi connectivity index (χ2v) is 6.64. The molecule has 2 aliphatic rings. The summed E-state index contributed by atoms with van der Waals surface area (Å²) < 4.78 is 7.44. The molecule has 1 aliphatic carbocycles. The minimum Gasteiger partial charge on any atom is -0.368 e. The summed E-state index contributed by atoms with van der Waals surface area (Å²) in [6.45, 7) is 3.11. The number of fused-ring (bicyclic) bond motifs is 1. The van der Waals surface area contributed by atoms with Crippen LogP contribution in [0.15, 0.2) is 18.5 Å². The van der Waals surface area contributed by atoms with Gasteiger partial charge < -0.3 is 15.4 Å². The molecule has 1 saturated heterocycles. The summed E-state index contributed by atoms with van der Waals surface area (Å²) in [5.74, 6) is -0.751. The van der Waals surface area contributed by atoms with E-state index in [9.17, 15) is 9.59 Å². The third kappa shape index (κ3) is 2.25. The van der Waals surface area contributed by atoms with Gasteiger partial charge in [-0.1, -0.05) is 0 Å². The number of aromatic nitrogens is 3. The average molecular weight is 329 g/mol. The van der Waals surface area contributed by atoms with E-state index >= 15 is 0 Å². The van der Waals surface area contributed by atoms with Crippen LogP contribution in [0.4, 0.5) is 0 Å². The number of nitrogens with two attached hydrogens (primary N) is 1. The lowest BCUT2D eigenvalue weighted by atomic mass is 9.78. The number of hydrogen-bond donors (Lipinski definition) is 1. The Morgan fingerprint density at radius 1 is 1.42 bits per heavy atom. The Balaban J connectivity index is 1.69. The summed E-state index contributed by atoms with van der Waals surface area (Å²) in [7, 11) is 0. The molecule has 1 unspecified atom stereocenters. The Morgan fingerprint density at radius 2 is 2.21 bits per heavy atom. The Morgan fingerprint density at radius 3 is 2.88 bits per heavy atom. The molecule has 8 nitrogen and oxygen atoms in total. The van der Waals surface area contributed by atoms with Crippen LogP contribution in [-0.4, -0.2) is 56.1 Å². The van der Waals surface area contributed by atoms with Crippen molar-refractivity contribution in [3.05, 3.63) is 29.7 Å². The van der Waals surface area contributed by atoms with Crippen molar-refractivity contribution >= 4 is 17.5 Å². The summed E-state index contributed by atoms with van der Waals surface area (Å²) in [5, 5.41) is 4.12. The summed E-state index contributed by atoms with van der Waals surface area (Å²) in [6.07, 6.45) is 5.95. The van der Waals surface area contributed by atoms with Gasteiger partial charge in [-0.25, -0.2) is 9.50 Å². The molecular formula is C16H19N5O3. The number of nitrogens with zero attached hydrogens (tertiary/aromatic N) is 4. The number of amides is 2. The molecule has 1 spiro atoms. The van der Waals surface area contributed by atoms with E-state index in [-0.39, 0.29) is 23.2 Å². The van der Waals surface area contributed by atoms with Crippen molar-refractivity contribution in [2.75, 3.05) is 13.1 Å². The summed E-state index contributed by atoms with van der Waals surface area (Å²) in [4.78, 5) is 30.4. The van der Waals surface area contributed by atoms with Gasteiger partial charge in [0.05, 0.1) is 24.4 Å². The Kier molecular flexibility index (Phi) is 3.31. The van der Waals surface area contributed by atoms with E-state index in [1.54, 1.807) is 6.07 Å². The molecule has 2 aromatic heterocycles. The number of ether oxygens (including phenoxy) is 1. The van der Waals surface area contributed by atoms with Gasteiger partial charge in [-0.05, 0) is 32.3 Å². The molecule has 1 aliphatic heterocycles. The first-order valence-corrected chi connectivity index (χ1v) is 8.09. The number of carbonyl (C=O) groups is 2. The fourth-order valence-corrected chi connectivity index (χ4v) is 3.62. The summed E-state index contributed by atoms with van der Waals surface area (Å²) in [5.41, 5.74) is 6.01. The van der Waals surface area contributed by atoms with Crippen LogP contribution in [0.2, 0.25) is 0 Å². The maximum Gasteiger partial charge on any atom is 0.272 e. The second-order valence-electron chi connectivity index (χ2n) is 6.64. The normalized spacial score (nSPS) is 22.5. The summed E-state index contributed by atoms with van der Waals surface area (Å²) >= 11 is 0. The van der Waals surface area contributed by atoms with Crippen molar-refractivity contribution in [2.24, 2.45) is 5.73 Å². The highest BCUT2D eigenvalue weighted by atomic mass is 16.5. The van der Waals surface area contributed by atoms with Crippen LogP contribution in [0.5, 0.6) is 0 Å². The van der Waals surface area contributed by atoms with E-state index in [2.05, 4.69) is 10.1 Å². The van der Waals surface area contributed by atoms with Crippen molar-refractivity contribution in [3.63, 3.8) is 0 Å². The highest BCUT2D eigenvalue weighted by Crippen LogP contribution is 2.40. The molecule has 8 heteroatoms. The number of hydrogen-bond acceptors (Lipinski definition) is 5. The molecule has 126 valence electrons. The number of morpholine rings is 1. The minimum absolute atomic E-state index is 0.000806. The molecule has 1 saturated carbocycles. The highest BCUT2D eigenvalue weighted by molar-refractivity contribution is 5.99. The van der Waals surface area contributed by atoms with E-state index in [0.29, 0.717) is 24.4 Å². The van der Waals surface area contributed by atoms with Crippen molar-refractivity contribution in [2.45, 2.75) is 37.9 Å². The van der Waals surface area contributed by atoms with Crippen LogP contribution in [0.1, 0.15) is 47.0 Å². The van der Waals surface area contributed by atoms with Crippen molar-refractivity contribution < 1.29 is 14.3 Å². The van der Waals surface area contributed by atoms with E-state index < -0.39 is 5.91 Å². The predicted molar refractivity (Wildman–Crippen MR) is 84.5 cm³/mol. The summed E-state index contributed by atoms with van der Waals surface area (Å²) in [6, 6.07) is 1.61. The molecule has 0 radical (unpaired) electrons. The van der Waals surface area contributed by atoms with Crippen LogP contribution in [-0.2, 0) is 4.74 Å². The smallest absolute Gasteiger partial charge is 0.272 e. The zero-order valence-electron chi connectivity index (χ0n) is 13.4. The Bertz CT molecular complexity index is 826. The van der Waals surface area contributed by atoms with E-state index in [1.807, 2.05) is 11.8 Å². The molecule has 2 aromatic rings. The first-order chi connectivity index (χ1) is 11.5. The monoisotopic (exact) mass is 329 g/mol. The SMILES string of the molecule is CC1CN(C(=O)c2ccnc3c(C(N)=O)cnn23)CC2(CCC2)O1. The third-order valence-electron chi connectivity index (χ3n) is 4.85. The van der Waals surface area contributed by atoms with Gasteiger partial charge in [0.2, 0.25) is 0 Å².